The largest absolute Gasteiger partial charge is 0.496 e. The molecule has 1 aliphatic heterocycles. The van der Waals surface area contributed by atoms with E-state index in [9.17, 15) is 9.59 Å². The highest BCUT2D eigenvalue weighted by Gasteiger charge is 2.27. The van der Waals surface area contributed by atoms with Gasteiger partial charge in [-0.25, -0.2) is 4.79 Å². The zero-order valence-electron chi connectivity index (χ0n) is 13.0. The third kappa shape index (κ3) is 3.21. The Morgan fingerprint density at radius 1 is 1.41 bits per heavy atom. The fourth-order valence-electron chi connectivity index (χ4n) is 2.51. The SMILES string of the molecule is COc1ccc(NC(=O)N2CC=CC2C(C)C)cc1C(N)=O. The van der Waals surface area contributed by atoms with E-state index in [0.29, 0.717) is 23.9 Å². The van der Waals surface area contributed by atoms with Crippen molar-refractivity contribution in [2.24, 2.45) is 11.7 Å². The van der Waals surface area contributed by atoms with E-state index in [1.165, 1.54) is 13.2 Å². The minimum Gasteiger partial charge on any atom is -0.496 e. The van der Waals surface area contributed by atoms with Crippen LogP contribution in [0.1, 0.15) is 24.2 Å². The highest BCUT2D eigenvalue weighted by atomic mass is 16.5. The highest BCUT2D eigenvalue weighted by Crippen LogP contribution is 2.24. The van der Waals surface area contributed by atoms with Crippen molar-refractivity contribution in [2.75, 3.05) is 19.0 Å². The number of nitrogens with zero attached hydrogens (tertiary/aromatic N) is 1. The van der Waals surface area contributed by atoms with Crippen LogP contribution in [0.4, 0.5) is 10.5 Å². The summed E-state index contributed by atoms with van der Waals surface area (Å²) in [7, 11) is 1.46. The number of nitrogens with one attached hydrogen (secondary N) is 1. The summed E-state index contributed by atoms with van der Waals surface area (Å²) in [5, 5.41) is 2.80. The first-order chi connectivity index (χ1) is 10.4. The van der Waals surface area contributed by atoms with Gasteiger partial charge in [-0.1, -0.05) is 26.0 Å². The molecule has 22 heavy (non-hydrogen) atoms. The van der Waals surface area contributed by atoms with E-state index in [0.717, 1.165) is 0 Å². The predicted molar refractivity (Wildman–Crippen MR) is 85.0 cm³/mol. The summed E-state index contributed by atoms with van der Waals surface area (Å²) < 4.78 is 5.08. The maximum absolute atomic E-state index is 12.4. The number of primary amides is 1. The van der Waals surface area contributed by atoms with Gasteiger partial charge in [0.1, 0.15) is 5.75 Å². The number of rotatable bonds is 4. The smallest absolute Gasteiger partial charge is 0.322 e. The minimum absolute atomic E-state index is 0.0776. The number of amides is 3. The molecule has 0 aliphatic carbocycles. The van der Waals surface area contributed by atoms with Crippen molar-refractivity contribution in [1.82, 2.24) is 4.90 Å². The van der Waals surface area contributed by atoms with E-state index in [1.807, 2.05) is 12.2 Å². The van der Waals surface area contributed by atoms with E-state index in [2.05, 4.69) is 19.2 Å². The molecule has 0 spiro atoms. The molecular weight excluding hydrogens is 282 g/mol. The Kier molecular flexibility index (Phi) is 4.70. The standard InChI is InChI=1S/C16H21N3O3/c1-10(2)13-5-4-8-19(13)16(21)18-11-6-7-14(22-3)12(9-11)15(17)20/h4-7,9-10,13H,8H2,1-3H3,(H2,17,20)(H,18,21). The second-order valence-corrected chi connectivity index (χ2v) is 5.52. The zero-order chi connectivity index (χ0) is 16.3. The number of nitrogens with two attached hydrogens (primary N) is 1. The first kappa shape index (κ1) is 15.9. The molecule has 6 heteroatoms. The lowest BCUT2D eigenvalue weighted by Crippen LogP contribution is -2.41. The number of hydrogen-bond donors (Lipinski definition) is 2. The van der Waals surface area contributed by atoms with Crippen LogP contribution in [-0.2, 0) is 0 Å². The quantitative estimate of drug-likeness (QED) is 0.836. The van der Waals surface area contributed by atoms with Gasteiger partial charge in [-0.3, -0.25) is 4.79 Å². The number of carbonyl (C=O) groups excluding carboxylic acids is 2. The first-order valence-corrected chi connectivity index (χ1v) is 7.16. The molecule has 118 valence electrons. The molecule has 0 aromatic heterocycles. The Labute approximate surface area is 129 Å². The zero-order valence-corrected chi connectivity index (χ0v) is 13.0. The molecule has 1 heterocycles. The van der Waals surface area contributed by atoms with Crippen LogP contribution in [-0.4, -0.2) is 36.5 Å². The van der Waals surface area contributed by atoms with Gasteiger partial charge >= 0.3 is 6.03 Å². The molecular formula is C16H21N3O3. The van der Waals surface area contributed by atoms with Crippen molar-refractivity contribution in [3.63, 3.8) is 0 Å². The maximum Gasteiger partial charge on any atom is 0.322 e. The van der Waals surface area contributed by atoms with Crippen molar-refractivity contribution in [3.8, 4) is 5.75 Å². The van der Waals surface area contributed by atoms with Crippen molar-refractivity contribution < 1.29 is 14.3 Å². The van der Waals surface area contributed by atoms with E-state index in [1.54, 1.807) is 17.0 Å². The predicted octanol–water partition coefficient (Wildman–Crippen LogP) is 2.22. The molecule has 0 fully saturated rings. The van der Waals surface area contributed by atoms with Crippen molar-refractivity contribution in [2.45, 2.75) is 19.9 Å². The molecule has 1 aromatic carbocycles. The summed E-state index contributed by atoms with van der Waals surface area (Å²) in [5.41, 5.74) is 6.07. The monoisotopic (exact) mass is 303 g/mol. The fraction of sp³-hybridized carbons (Fsp3) is 0.375. The Hall–Kier alpha value is -2.50. The first-order valence-electron chi connectivity index (χ1n) is 7.16. The molecule has 0 radical (unpaired) electrons. The maximum atomic E-state index is 12.4. The minimum atomic E-state index is -0.601. The number of urea groups is 1. The van der Waals surface area contributed by atoms with Gasteiger partial charge in [0, 0.05) is 12.2 Å². The number of hydrogen-bond acceptors (Lipinski definition) is 3. The molecule has 0 bridgehead atoms. The summed E-state index contributed by atoms with van der Waals surface area (Å²) in [5.74, 6) is 0.116. The van der Waals surface area contributed by atoms with Crippen molar-refractivity contribution in [3.05, 3.63) is 35.9 Å². The lowest BCUT2D eigenvalue weighted by molar-refractivity contribution is 0.0997. The van der Waals surface area contributed by atoms with Gasteiger partial charge < -0.3 is 20.7 Å². The van der Waals surface area contributed by atoms with E-state index in [-0.39, 0.29) is 17.6 Å². The normalized spacial score (nSPS) is 16.9. The average molecular weight is 303 g/mol. The van der Waals surface area contributed by atoms with Gasteiger partial charge in [-0.15, -0.1) is 0 Å². The van der Waals surface area contributed by atoms with Crippen molar-refractivity contribution in [1.29, 1.82) is 0 Å². The Morgan fingerprint density at radius 3 is 2.73 bits per heavy atom. The molecule has 0 saturated carbocycles. The van der Waals surface area contributed by atoms with Crippen LogP contribution in [0.3, 0.4) is 0 Å². The van der Waals surface area contributed by atoms with Crippen LogP contribution in [0, 0.1) is 5.92 Å². The molecule has 2 rings (SSSR count). The Morgan fingerprint density at radius 2 is 2.14 bits per heavy atom. The topological polar surface area (TPSA) is 84.7 Å². The second-order valence-electron chi connectivity index (χ2n) is 5.52. The van der Waals surface area contributed by atoms with Crippen LogP contribution in [0.25, 0.3) is 0 Å². The van der Waals surface area contributed by atoms with E-state index in [4.69, 9.17) is 10.5 Å². The summed E-state index contributed by atoms with van der Waals surface area (Å²) in [6.45, 7) is 4.71. The van der Waals surface area contributed by atoms with Gasteiger partial charge in [0.15, 0.2) is 0 Å². The third-order valence-corrected chi connectivity index (χ3v) is 3.66. The molecule has 1 atom stereocenters. The van der Waals surface area contributed by atoms with Crippen LogP contribution >= 0.6 is 0 Å². The number of methoxy groups -OCH3 is 1. The summed E-state index contributed by atoms with van der Waals surface area (Å²) in [4.78, 5) is 25.6. The molecule has 0 saturated heterocycles. The molecule has 1 aliphatic rings. The summed E-state index contributed by atoms with van der Waals surface area (Å²) in [6.07, 6.45) is 4.01. The summed E-state index contributed by atoms with van der Waals surface area (Å²) >= 11 is 0. The summed E-state index contributed by atoms with van der Waals surface area (Å²) in [6, 6.07) is 4.68. The van der Waals surface area contributed by atoms with Crippen LogP contribution in [0.15, 0.2) is 30.4 Å². The van der Waals surface area contributed by atoms with Crippen LogP contribution in [0.5, 0.6) is 5.75 Å². The van der Waals surface area contributed by atoms with E-state index < -0.39 is 5.91 Å². The van der Waals surface area contributed by atoms with Gasteiger partial charge in [0.05, 0.1) is 18.7 Å². The van der Waals surface area contributed by atoms with E-state index >= 15 is 0 Å². The molecule has 1 aromatic rings. The second kappa shape index (κ2) is 6.51. The number of carbonyl (C=O) groups is 2. The average Bonchev–Trinajstić information content (AvgIpc) is 2.96. The molecule has 1 unspecified atom stereocenters. The molecule has 3 N–H and O–H groups in total. The highest BCUT2D eigenvalue weighted by molar-refractivity contribution is 5.98. The molecule has 3 amide bonds. The van der Waals surface area contributed by atoms with Crippen molar-refractivity contribution >= 4 is 17.6 Å². The number of benzene rings is 1. The third-order valence-electron chi connectivity index (χ3n) is 3.66. The van der Waals surface area contributed by atoms with Crippen LogP contribution in [0.2, 0.25) is 0 Å². The fourth-order valence-corrected chi connectivity index (χ4v) is 2.51. The molecule has 6 nitrogen and oxygen atoms in total. The lowest BCUT2D eigenvalue weighted by Gasteiger charge is -2.27. The Balaban J connectivity index is 2.15. The van der Waals surface area contributed by atoms with Gasteiger partial charge in [0.25, 0.3) is 5.91 Å². The Bertz CT molecular complexity index is 611. The number of anilines is 1. The van der Waals surface area contributed by atoms with Crippen LogP contribution < -0.4 is 15.8 Å². The number of ether oxygens (including phenoxy) is 1. The lowest BCUT2D eigenvalue weighted by atomic mass is 10.1. The van der Waals surface area contributed by atoms with Gasteiger partial charge in [-0.05, 0) is 24.1 Å². The van der Waals surface area contributed by atoms with Gasteiger partial charge in [0.2, 0.25) is 0 Å². The van der Waals surface area contributed by atoms with Gasteiger partial charge in [-0.2, -0.15) is 0 Å².